The van der Waals surface area contributed by atoms with Crippen LogP contribution in [0.15, 0.2) is 102 Å². The minimum atomic E-state index is -0.990. The molecule has 1 N–H and O–H groups in total. The molecular formula is C29H23NO5. The maximum absolute atomic E-state index is 12.2. The molecule has 1 heterocycles. The van der Waals surface area contributed by atoms with Crippen LogP contribution in [0.4, 0.5) is 0 Å². The van der Waals surface area contributed by atoms with Crippen molar-refractivity contribution in [3.63, 3.8) is 0 Å². The van der Waals surface area contributed by atoms with Crippen LogP contribution in [0, 0.1) is 0 Å². The van der Waals surface area contributed by atoms with Gasteiger partial charge in [0.25, 0.3) is 0 Å². The zero-order valence-electron chi connectivity index (χ0n) is 19.0. The van der Waals surface area contributed by atoms with Crippen molar-refractivity contribution in [3.05, 3.63) is 125 Å². The summed E-state index contributed by atoms with van der Waals surface area (Å²) in [7, 11) is 0. The standard InChI is InChI=1S/C29H23NO5/c1-2-25(21-6-4-3-5-7-21)28(22-11-8-20(9-12-22)10-17-27(31)32)23-13-15-24(16-14-23)34-29(33)26-18-19-30-35-26/h3-19H,2H2,1H3,(H,31,32). The molecule has 35 heavy (non-hydrogen) atoms. The number of nitrogens with zero attached hydrogens (tertiary/aromatic N) is 1. The fourth-order valence-corrected chi connectivity index (χ4v) is 3.78. The number of rotatable bonds is 8. The van der Waals surface area contributed by atoms with Crippen LogP contribution in [0.25, 0.3) is 17.2 Å². The van der Waals surface area contributed by atoms with Gasteiger partial charge in [0.15, 0.2) is 0 Å². The van der Waals surface area contributed by atoms with E-state index >= 15 is 0 Å². The summed E-state index contributed by atoms with van der Waals surface area (Å²) >= 11 is 0. The van der Waals surface area contributed by atoms with Gasteiger partial charge in [-0.05, 0) is 58.0 Å². The largest absolute Gasteiger partial charge is 0.478 e. The van der Waals surface area contributed by atoms with Gasteiger partial charge in [0.1, 0.15) is 5.75 Å². The highest BCUT2D eigenvalue weighted by atomic mass is 16.6. The number of aromatic nitrogens is 1. The fourth-order valence-electron chi connectivity index (χ4n) is 3.78. The number of aliphatic carboxylic acids is 1. The molecule has 0 saturated carbocycles. The fraction of sp³-hybridized carbons (Fsp3) is 0.0690. The van der Waals surface area contributed by atoms with Gasteiger partial charge < -0.3 is 14.4 Å². The van der Waals surface area contributed by atoms with Crippen molar-refractivity contribution in [1.82, 2.24) is 5.16 Å². The lowest BCUT2D eigenvalue weighted by atomic mass is 9.88. The van der Waals surface area contributed by atoms with Crippen molar-refractivity contribution < 1.29 is 24.0 Å². The van der Waals surface area contributed by atoms with Crippen molar-refractivity contribution in [3.8, 4) is 5.75 Å². The second-order valence-corrected chi connectivity index (χ2v) is 7.66. The molecular weight excluding hydrogens is 442 g/mol. The molecule has 0 aliphatic carbocycles. The van der Waals surface area contributed by atoms with Gasteiger partial charge in [-0.2, -0.15) is 0 Å². The monoisotopic (exact) mass is 465 g/mol. The molecule has 4 rings (SSSR count). The molecule has 0 fully saturated rings. The number of allylic oxidation sites excluding steroid dienone is 1. The number of esters is 1. The molecule has 0 amide bonds. The Morgan fingerprint density at radius 1 is 0.886 bits per heavy atom. The first-order chi connectivity index (χ1) is 17.0. The quantitative estimate of drug-likeness (QED) is 0.141. The van der Waals surface area contributed by atoms with Crippen LogP contribution in [-0.2, 0) is 4.79 Å². The van der Waals surface area contributed by atoms with Crippen LogP contribution in [0.1, 0.15) is 46.2 Å². The van der Waals surface area contributed by atoms with Gasteiger partial charge in [-0.3, -0.25) is 0 Å². The van der Waals surface area contributed by atoms with Gasteiger partial charge in [0.2, 0.25) is 5.76 Å². The number of carboxylic acids is 1. The maximum atomic E-state index is 12.2. The molecule has 0 unspecified atom stereocenters. The second kappa shape index (κ2) is 10.9. The van der Waals surface area contributed by atoms with E-state index in [9.17, 15) is 9.59 Å². The van der Waals surface area contributed by atoms with E-state index in [2.05, 4.69) is 24.2 Å². The highest BCUT2D eigenvalue weighted by Crippen LogP contribution is 2.35. The molecule has 0 atom stereocenters. The highest BCUT2D eigenvalue weighted by Gasteiger charge is 2.15. The van der Waals surface area contributed by atoms with E-state index in [1.54, 1.807) is 18.2 Å². The Balaban J connectivity index is 1.73. The summed E-state index contributed by atoms with van der Waals surface area (Å²) < 4.78 is 10.2. The first-order valence-corrected chi connectivity index (χ1v) is 11.1. The molecule has 0 spiro atoms. The number of carbonyl (C=O) groups is 2. The molecule has 1 aromatic heterocycles. The first-order valence-electron chi connectivity index (χ1n) is 11.1. The second-order valence-electron chi connectivity index (χ2n) is 7.66. The smallest absolute Gasteiger partial charge is 0.382 e. The Morgan fingerprint density at radius 3 is 2.11 bits per heavy atom. The lowest BCUT2D eigenvalue weighted by Gasteiger charge is -2.17. The lowest BCUT2D eigenvalue weighted by Crippen LogP contribution is -2.07. The van der Waals surface area contributed by atoms with Crippen molar-refractivity contribution in [2.45, 2.75) is 13.3 Å². The predicted octanol–water partition coefficient (Wildman–Crippen LogP) is 6.36. The third kappa shape index (κ3) is 5.81. The van der Waals surface area contributed by atoms with Gasteiger partial charge >= 0.3 is 11.9 Å². The van der Waals surface area contributed by atoms with E-state index < -0.39 is 11.9 Å². The van der Waals surface area contributed by atoms with Crippen molar-refractivity contribution in [1.29, 1.82) is 0 Å². The Hall–Kier alpha value is -4.71. The summed E-state index contributed by atoms with van der Waals surface area (Å²) in [6.45, 7) is 2.11. The Morgan fingerprint density at radius 2 is 1.54 bits per heavy atom. The van der Waals surface area contributed by atoms with E-state index in [-0.39, 0.29) is 5.76 Å². The Labute approximate surface area is 202 Å². The Kier molecular flexibility index (Phi) is 7.33. The number of hydrogen-bond donors (Lipinski definition) is 1. The highest BCUT2D eigenvalue weighted by molar-refractivity contribution is 5.99. The molecule has 174 valence electrons. The molecule has 6 heteroatoms. The van der Waals surface area contributed by atoms with E-state index in [1.807, 2.05) is 54.6 Å². The van der Waals surface area contributed by atoms with Gasteiger partial charge in [-0.25, -0.2) is 9.59 Å². The minimum absolute atomic E-state index is 0.0315. The molecule has 6 nitrogen and oxygen atoms in total. The summed E-state index contributed by atoms with van der Waals surface area (Å²) in [4.78, 5) is 23.0. The molecule has 0 saturated heterocycles. The van der Waals surface area contributed by atoms with Crippen LogP contribution in [0.3, 0.4) is 0 Å². The van der Waals surface area contributed by atoms with Crippen molar-refractivity contribution in [2.75, 3.05) is 0 Å². The van der Waals surface area contributed by atoms with Crippen molar-refractivity contribution in [2.24, 2.45) is 0 Å². The third-order valence-electron chi connectivity index (χ3n) is 5.39. The van der Waals surface area contributed by atoms with Crippen LogP contribution < -0.4 is 4.74 Å². The van der Waals surface area contributed by atoms with E-state index in [1.165, 1.54) is 12.3 Å². The molecule has 0 aliphatic rings. The topological polar surface area (TPSA) is 89.6 Å². The van der Waals surface area contributed by atoms with Crippen LogP contribution in [0.2, 0.25) is 0 Å². The van der Waals surface area contributed by atoms with Gasteiger partial charge in [0, 0.05) is 12.1 Å². The number of carbonyl (C=O) groups excluding carboxylic acids is 1. The van der Waals surface area contributed by atoms with Crippen molar-refractivity contribution >= 4 is 29.2 Å². The molecule has 4 aromatic rings. The molecule has 0 aliphatic heterocycles. The third-order valence-corrected chi connectivity index (χ3v) is 5.39. The molecule has 3 aromatic carbocycles. The van der Waals surface area contributed by atoms with Crippen LogP contribution in [0.5, 0.6) is 5.75 Å². The Bertz CT molecular complexity index is 1350. The number of ether oxygens (including phenoxy) is 1. The molecule has 0 radical (unpaired) electrons. The summed E-state index contributed by atoms with van der Waals surface area (Å²) in [5.74, 6) is -1.18. The minimum Gasteiger partial charge on any atom is -0.478 e. The average Bonchev–Trinajstić information content (AvgIpc) is 3.43. The normalized spacial score (nSPS) is 11.8. The van der Waals surface area contributed by atoms with E-state index in [0.29, 0.717) is 5.75 Å². The van der Waals surface area contributed by atoms with Gasteiger partial charge in [0.05, 0.1) is 6.20 Å². The SMILES string of the molecule is CCC(=C(c1ccc(C=CC(=O)O)cc1)c1ccc(OC(=O)c2ccno2)cc1)c1ccccc1. The number of hydrogen-bond acceptors (Lipinski definition) is 5. The maximum Gasteiger partial charge on any atom is 0.382 e. The number of benzene rings is 3. The van der Waals surface area contributed by atoms with Crippen LogP contribution in [-0.4, -0.2) is 22.2 Å². The summed E-state index contributed by atoms with van der Waals surface area (Å²) in [6.07, 6.45) is 4.86. The zero-order valence-corrected chi connectivity index (χ0v) is 19.0. The zero-order chi connectivity index (χ0) is 24.6. The molecule has 0 bridgehead atoms. The summed E-state index contributed by atoms with van der Waals surface area (Å²) in [6, 6.07) is 26.7. The van der Waals surface area contributed by atoms with Gasteiger partial charge in [-0.15, -0.1) is 0 Å². The van der Waals surface area contributed by atoms with Gasteiger partial charge in [-0.1, -0.05) is 78.8 Å². The lowest BCUT2D eigenvalue weighted by molar-refractivity contribution is -0.131. The average molecular weight is 466 g/mol. The summed E-state index contributed by atoms with van der Waals surface area (Å²) in [5, 5.41) is 12.4. The predicted molar refractivity (Wildman–Crippen MR) is 134 cm³/mol. The first kappa shape index (κ1) is 23.4. The summed E-state index contributed by atoms with van der Waals surface area (Å²) in [5.41, 5.74) is 6.05. The van der Waals surface area contributed by atoms with E-state index in [4.69, 9.17) is 14.4 Å². The van der Waals surface area contributed by atoms with Crippen LogP contribution >= 0.6 is 0 Å². The van der Waals surface area contributed by atoms with E-state index in [0.717, 1.165) is 45.9 Å². The number of carboxylic acid groups (broad SMARTS) is 1.